The zero-order valence-electron chi connectivity index (χ0n) is 9.01. The number of hydrogen-bond donors (Lipinski definition) is 1. The summed E-state index contributed by atoms with van der Waals surface area (Å²) in [6.45, 7) is 1.96. The lowest BCUT2D eigenvalue weighted by Crippen LogP contribution is -1.98. The molecule has 5 heteroatoms. The van der Waals surface area contributed by atoms with Crippen molar-refractivity contribution < 1.29 is 13.2 Å². The van der Waals surface area contributed by atoms with Crippen LogP contribution in [-0.4, -0.2) is 10.5 Å². The molecule has 1 heterocycles. The summed E-state index contributed by atoms with van der Waals surface area (Å²) in [6.07, 6.45) is 0. The van der Waals surface area contributed by atoms with Gasteiger partial charge in [-0.2, -0.15) is 13.2 Å². The van der Waals surface area contributed by atoms with Gasteiger partial charge in [0.15, 0.2) is 0 Å². The molecule has 0 aliphatic heterocycles. The van der Waals surface area contributed by atoms with Gasteiger partial charge >= 0.3 is 5.51 Å². The molecular weight excluding hydrogens is 247 g/mol. The van der Waals surface area contributed by atoms with Crippen LogP contribution < -0.4 is 0 Å². The maximum absolute atomic E-state index is 12.1. The molecule has 0 fully saturated rings. The highest BCUT2D eigenvalue weighted by Crippen LogP contribution is 2.37. The summed E-state index contributed by atoms with van der Waals surface area (Å²) in [7, 11) is 0. The van der Waals surface area contributed by atoms with Gasteiger partial charge in [0.05, 0.1) is 5.03 Å². The van der Waals surface area contributed by atoms with Crippen molar-refractivity contribution in [2.75, 3.05) is 0 Å². The number of halogens is 3. The summed E-state index contributed by atoms with van der Waals surface area (Å²) >= 11 is -0.136. The lowest BCUT2D eigenvalue weighted by Gasteiger charge is -2.03. The number of aromatic nitrogens is 1. The lowest BCUT2D eigenvalue weighted by molar-refractivity contribution is -0.0329. The van der Waals surface area contributed by atoms with Crippen LogP contribution >= 0.6 is 11.8 Å². The van der Waals surface area contributed by atoms with Gasteiger partial charge in [-0.3, -0.25) is 0 Å². The number of thioether (sulfide) groups is 1. The van der Waals surface area contributed by atoms with E-state index in [4.69, 9.17) is 0 Å². The molecule has 0 unspecified atom stereocenters. The van der Waals surface area contributed by atoms with Crippen molar-refractivity contribution in [2.24, 2.45) is 0 Å². The number of rotatable bonds is 2. The Morgan fingerprint density at radius 3 is 2.24 bits per heavy atom. The molecule has 90 valence electrons. The van der Waals surface area contributed by atoms with Crippen molar-refractivity contribution in [3.8, 4) is 11.3 Å². The second kappa shape index (κ2) is 4.49. The normalized spacial score (nSPS) is 11.8. The smallest absolute Gasteiger partial charge is 0.349 e. The average molecular weight is 257 g/mol. The van der Waals surface area contributed by atoms with Gasteiger partial charge in [0.25, 0.3) is 0 Å². The largest absolute Gasteiger partial charge is 0.447 e. The third kappa shape index (κ3) is 3.30. The SMILES string of the molecule is Cc1ccc(-c2ccc(SC(F)(F)F)[nH]2)cc1. The molecule has 0 saturated heterocycles. The number of nitrogens with one attached hydrogen (secondary N) is 1. The van der Waals surface area contributed by atoms with E-state index >= 15 is 0 Å². The zero-order chi connectivity index (χ0) is 12.5. The minimum atomic E-state index is -4.25. The van der Waals surface area contributed by atoms with Gasteiger partial charge in [0, 0.05) is 17.5 Å². The third-order valence-corrected chi connectivity index (χ3v) is 2.94. The number of alkyl halides is 3. The Hall–Kier alpha value is -1.36. The Morgan fingerprint density at radius 2 is 1.65 bits per heavy atom. The van der Waals surface area contributed by atoms with Crippen LogP contribution in [0.2, 0.25) is 0 Å². The summed E-state index contributed by atoms with van der Waals surface area (Å²) in [4.78, 5) is 2.75. The van der Waals surface area contributed by atoms with Crippen molar-refractivity contribution in [2.45, 2.75) is 17.5 Å². The van der Waals surface area contributed by atoms with Crippen LogP contribution in [0.1, 0.15) is 5.56 Å². The van der Waals surface area contributed by atoms with Crippen LogP contribution in [0.4, 0.5) is 13.2 Å². The molecule has 0 aliphatic rings. The first kappa shape index (κ1) is 12.1. The Morgan fingerprint density at radius 1 is 1.00 bits per heavy atom. The minimum Gasteiger partial charge on any atom is -0.349 e. The number of aryl methyl sites for hydroxylation is 1. The van der Waals surface area contributed by atoms with E-state index in [1.54, 1.807) is 6.07 Å². The second-order valence-corrected chi connectivity index (χ2v) is 4.76. The Balaban J connectivity index is 2.21. The Bertz CT molecular complexity index is 499. The number of hydrogen-bond acceptors (Lipinski definition) is 1. The van der Waals surface area contributed by atoms with Gasteiger partial charge in [-0.15, -0.1) is 0 Å². The highest BCUT2D eigenvalue weighted by Gasteiger charge is 2.29. The van der Waals surface area contributed by atoms with Gasteiger partial charge in [-0.05, 0) is 24.6 Å². The molecule has 0 radical (unpaired) electrons. The van der Waals surface area contributed by atoms with Crippen LogP contribution in [0.5, 0.6) is 0 Å². The summed E-state index contributed by atoms with van der Waals surface area (Å²) in [6, 6.07) is 10.7. The average Bonchev–Trinajstić information content (AvgIpc) is 2.64. The predicted octanol–water partition coefficient (Wildman–Crippen LogP) is 4.60. The van der Waals surface area contributed by atoms with E-state index in [9.17, 15) is 13.2 Å². The number of benzene rings is 1. The molecule has 0 bridgehead atoms. The van der Waals surface area contributed by atoms with Crippen LogP contribution in [-0.2, 0) is 0 Å². The van der Waals surface area contributed by atoms with E-state index in [2.05, 4.69) is 4.98 Å². The standard InChI is InChI=1S/C12H10F3NS/c1-8-2-4-9(5-3-8)10-6-7-11(16-10)17-12(13,14)15/h2-7,16H,1H3. The van der Waals surface area contributed by atoms with E-state index in [1.807, 2.05) is 31.2 Å². The van der Waals surface area contributed by atoms with E-state index in [-0.39, 0.29) is 16.8 Å². The third-order valence-electron chi connectivity index (χ3n) is 2.25. The minimum absolute atomic E-state index is 0.105. The van der Waals surface area contributed by atoms with Gasteiger partial charge < -0.3 is 4.98 Å². The van der Waals surface area contributed by atoms with E-state index in [1.165, 1.54) is 6.07 Å². The molecule has 1 nitrogen and oxygen atoms in total. The first-order valence-electron chi connectivity index (χ1n) is 4.96. The molecule has 0 aliphatic carbocycles. The van der Waals surface area contributed by atoms with E-state index < -0.39 is 5.51 Å². The van der Waals surface area contributed by atoms with Crippen molar-refractivity contribution >= 4 is 11.8 Å². The summed E-state index contributed by atoms with van der Waals surface area (Å²) in [5, 5.41) is 0.105. The highest BCUT2D eigenvalue weighted by molar-refractivity contribution is 8.00. The number of aromatic amines is 1. The molecular formula is C12H10F3NS. The molecule has 1 aromatic carbocycles. The topological polar surface area (TPSA) is 15.8 Å². The van der Waals surface area contributed by atoms with Crippen LogP contribution in [0.15, 0.2) is 41.4 Å². The molecule has 0 amide bonds. The van der Waals surface area contributed by atoms with Crippen LogP contribution in [0.25, 0.3) is 11.3 Å². The van der Waals surface area contributed by atoms with Gasteiger partial charge in [-0.25, -0.2) is 0 Å². The summed E-state index contributed by atoms with van der Waals surface area (Å²) < 4.78 is 36.4. The predicted molar refractivity (Wildman–Crippen MR) is 62.9 cm³/mol. The fraction of sp³-hybridized carbons (Fsp3) is 0.167. The molecule has 0 saturated carbocycles. The van der Waals surface area contributed by atoms with Crippen LogP contribution in [0, 0.1) is 6.92 Å². The number of H-pyrrole nitrogens is 1. The quantitative estimate of drug-likeness (QED) is 0.777. The highest BCUT2D eigenvalue weighted by atomic mass is 32.2. The first-order chi connectivity index (χ1) is 7.94. The van der Waals surface area contributed by atoms with Crippen molar-refractivity contribution in [1.82, 2.24) is 4.98 Å². The molecule has 2 rings (SSSR count). The summed E-state index contributed by atoms with van der Waals surface area (Å²) in [5.74, 6) is 0. The lowest BCUT2D eigenvalue weighted by atomic mass is 10.1. The molecule has 2 aromatic rings. The zero-order valence-corrected chi connectivity index (χ0v) is 9.82. The van der Waals surface area contributed by atoms with E-state index in [0.717, 1.165) is 11.1 Å². The fourth-order valence-electron chi connectivity index (χ4n) is 1.46. The maximum atomic E-state index is 12.1. The molecule has 0 spiro atoms. The van der Waals surface area contributed by atoms with Gasteiger partial charge in [0.1, 0.15) is 0 Å². The molecule has 17 heavy (non-hydrogen) atoms. The summed E-state index contributed by atoms with van der Waals surface area (Å²) in [5.41, 5.74) is -1.57. The van der Waals surface area contributed by atoms with Crippen molar-refractivity contribution in [1.29, 1.82) is 0 Å². The van der Waals surface area contributed by atoms with E-state index in [0.29, 0.717) is 5.69 Å². The fourth-order valence-corrected chi connectivity index (χ4v) is 2.01. The maximum Gasteiger partial charge on any atom is 0.447 e. The first-order valence-corrected chi connectivity index (χ1v) is 5.77. The molecule has 1 aromatic heterocycles. The van der Waals surface area contributed by atoms with Crippen molar-refractivity contribution in [3.05, 3.63) is 42.0 Å². The van der Waals surface area contributed by atoms with Gasteiger partial charge in [0.2, 0.25) is 0 Å². The Labute approximate surface area is 101 Å². The Kier molecular flexibility index (Phi) is 3.19. The monoisotopic (exact) mass is 257 g/mol. The second-order valence-electron chi connectivity index (χ2n) is 3.65. The van der Waals surface area contributed by atoms with Crippen LogP contribution in [0.3, 0.4) is 0 Å². The van der Waals surface area contributed by atoms with Gasteiger partial charge in [-0.1, -0.05) is 29.8 Å². The molecule has 0 atom stereocenters. The van der Waals surface area contributed by atoms with Crippen molar-refractivity contribution in [3.63, 3.8) is 0 Å². The molecule has 1 N–H and O–H groups in total.